The van der Waals surface area contributed by atoms with Gasteiger partial charge in [0.1, 0.15) is 18.7 Å². The number of hydrogen-bond donors (Lipinski definition) is 1. The molecule has 2 atom stereocenters. The maximum atomic E-state index is 12.2. The number of ether oxygens (including phenoxy) is 1. The summed E-state index contributed by atoms with van der Waals surface area (Å²) in [5.41, 5.74) is 0.838. The smallest absolute Gasteiger partial charge is 0.410 e. The third kappa shape index (κ3) is 4.98. The molecule has 0 aliphatic carbocycles. The summed E-state index contributed by atoms with van der Waals surface area (Å²) in [5, 5.41) is 8.94. The van der Waals surface area contributed by atoms with Crippen molar-refractivity contribution in [3.8, 4) is 0 Å². The van der Waals surface area contributed by atoms with E-state index in [4.69, 9.17) is 9.84 Å². The summed E-state index contributed by atoms with van der Waals surface area (Å²) in [6.45, 7) is 3.03. The molecule has 0 saturated heterocycles. The average Bonchev–Trinajstić information content (AvgIpc) is 2.56. The van der Waals surface area contributed by atoms with Crippen LogP contribution in [0.2, 0.25) is 0 Å². The molecule has 1 aromatic carbocycles. The van der Waals surface area contributed by atoms with Crippen molar-refractivity contribution >= 4 is 18.0 Å². The van der Waals surface area contributed by atoms with Crippen molar-refractivity contribution in [3.05, 3.63) is 35.9 Å². The third-order valence-electron chi connectivity index (χ3n) is 3.72. The van der Waals surface area contributed by atoms with Crippen molar-refractivity contribution in [2.45, 2.75) is 32.5 Å². The van der Waals surface area contributed by atoms with E-state index in [0.29, 0.717) is 0 Å². The van der Waals surface area contributed by atoms with Gasteiger partial charge in [-0.15, -0.1) is 0 Å². The van der Waals surface area contributed by atoms with E-state index in [-0.39, 0.29) is 6.61 Å². The van der Waals surface area contributed by atoms with Crippen LogP contribution in [0, 0.1) is 0 Å². The lowest BCUT2D eigenvalue weighted by Crippen LogP contribution is -2.50. The number of benzene rings is 1. The van der Waals surface area contributed by atoms with E-state index in [0.717, 1.165) is 15.4 Å². The molecular formula is C16H22N2O5. The molecule has 0 spiro atoms. The quantitative estimate of drug-likeness (QED) is 0.859. The van der Waals surface area contributed by atoms with Crippen LogP contribution < -0.4 is 0 Å². The number of amides is 2. The second-order valence-electron chi connectivity index (χ2n) is 5.29. The molecule has 2 amide bonds. The summed E-state index contributed by atoms with van der Waals surface area (Å²) >= 11 is 0. The van der Waals surface area contributed by atoms with Crippen molar-refractivity contribution in [1.82, 2.24) is 9.80 Å². The minimum Gasteiger partial charge on any atom is -0.480 e. The Kier molecular flexibility index (Phi) is 6.56. The lowest BCUT2D eigenvalue weighted by atomic mass is 10.2. The Labute approximate surface area is 135 Å². The molecule has 1 rings (SSSR count). The molecule has 1 aromatic rings. The molecule has 0 unspecified atom stereocenters. The maximum Gasteiger partial charge on any atom is 0.410 e. The number of carbonyl (C=O) groups is 3. The Morgan fingerprint density at radius 3 is 2.13 bits per heavy atom. The van der Waals surface area contributed by atoms with Crippen LogP contribution in [0.3, 0.4) is 0 Å². The fourth-order valence-corrected chi connectivity index (χ4v) is 1.80. The first-order valence-corrected chi connectivity index (χ1v) is 7.18. The second kappa shape index (κ2) is 8.17. The number of carbonyl (C=O) groups excluding carboxylic acids is 2. The summed E-state index contributed by atoms with van der Waals surface area (Å²) in [7, 11) is 2.83. The molecule has 0 radical (unpaired) electrons. The first-order chi connectivity index (χ1) is 10.8. The Bertz CT molecular complexity index is 561. The molecule has 0 fully saturated rings. The normalized spacial score (nSPS) is 12.9. The van der Waals surface area contributed by atoms with Crippen molar-refractivity contribution < 1.29 is 24.2 Å². The van der Waals surface area contributed by atoms with E-state index in [1.54, 1.807) is 0 Å². The van der Waals surface area contributed by atoms with E-state index >= 15 is 0 Å². The number of nitrogens with zero attached hydrogens (tertiary/aromatic N) is 2. The summed E-state index contributed by atoms with van der Waals surface area (Å²) < 4.78 is 5.15. The number of likely N-dealkylation sites (N-methyl/N-ethyl adjacent to an activating group) is 2. The minimum atomic E-state index is -1.11. The molecule has 7 nitrogen and oxygen atoms in total. The van der Waals surface area contributed by atoms with Gasteiger partial charge in [0.15, 0.2) is 0 Å². The lowest BCUT2D eigenvalue weighted by Gasteiger charge is -2.29. The number of carboxylic acid groups (broad SMARTS) is 1. The highest BCUT2D eigenvalue weighted by molar-refractivity contribution is 5.88. The van der Waals surface area contributed by atoms with E-state index in [9.17, 15) is 14.4 Å². The van der Waals surface area contributed by atoms with Crippen molar-refractivity contribution in [2.24, 2.45) is 0 Å². The fraction of sp³-hybridized carbons (Fsp3) is 0.438. The van der Waals surface area contributed by atoms with Crippen LogP contribution >= 0.6 is 0 Å². The SMILES string of the molecule is C[C@@H](C(=O)N(C)[C@@H](C)C(=O)O)N(C)C(=O)OCc1ccccc1. The fourth-order valence-electron chi connectivity index (χ4n) is 1.80. The molecular weight excluding hydrogens is 300 g/mol. The first-order valence-electron chi connectivity index (χ1n) is 7.18. The van der Waals surface area contributed by atoms with Crippen LogP contribution in [0.5, 0.6) is 0 Å². The number of carboxylic acids is 1. The van der Waals surface area contributed by atoms with Crippen LogP contribution in [-0.4, -0.2) is 59.1 Å². The molecule has 0 aromatic heterocycles. The van der Waals surface area contributed by atoms with Gasteiger partial charge >= 0.3 is 12.1 Å². The van der Waals surface area contributed by atoms with E-state index in [1.807, 2.05) is 30.3 Å². The maximum absolute atomic E-state index is 12.2. The average molecular weight is 322 g/mol. The molecule has 1 N–H and O–H groups in total. The Morgan fingerprint density at radius 1 is 1.04 bits per heavy atom. The van der Waals surface area contributed by atoms with Gasteiger partial charge in [0, 0.05) is 14.1 Å². The van der Waals surface area contributed by atoms with Gasteiger partial charge in [-0.3, -0.25) is 9.69 Å². The molecule has 0 saturated carbocycles. The monoisotopic (exact) mass is 322 g/mol. The summed E-state index contributed by atoms with van der Waals surface area (Å²) in [6.07, 6.45) is -0.647. The highest BCUT2D eigenvalue weighted by Crippen LogP contribution is 2.08. The first kappa shape index (κ1) is 18.5. The van der Waals surface area contributed by atoms with Gasteiger partial charge in [0.25, 0.3) is 0 Å². The zero-order valence-electron chi connectivity index (χ0n) is 13.7. The molecule has 7 heteroatoms. The number of aliphatic carboxylic acids is 1. The van der Waals surface area contributed by atoms with Crippen molar-refractivity contribution in [2.75, 3.05) is 14.1 Å². The van der Waals surface area contributed by atoms with Crippen LogP contribution in [0.1, 0.15) is 19.4 Å². The van der Waals surface area contributed by atoms with Crippen LogP contribution in [0.4, 0.5) is 4.79 Å². The zero-order valence-corrected chi connectivity index (χ0v) is 13.7. The summed E-state index contributed by atoms with van der Waals surface area (Å²) in [4.78, 5) is 37.4. The number of rotatable bonds is 6. The van der Waals surface area contributed by atoms with Gasteiger partial charge in [-0.25, -0.2) is 9.59 Å². The van der Waals surface area contributed by atoms with Crippen molar-refractivity contribution in [3.63, 3.8) is 0 Å². The van der Waals surface area contributed by atoms with Crippen LogP contribution in [0.15, 0.2) is 30.3 Å². The molecule has 0 aliphatic heterocycles. The standard InChI is InChI=1S/C16H22N2O5/c1-11(14(19)17(3)12(2)15(20)21)18(4)16(22)23-10-13-8-6-5-7-9-13/h5-9,11-12H,10H2,1-4H3,(H,20,21)/t11-,12-/m0/s1. The van der Waals surface area contributed by atoms with Gasteiger partial charge in [0.2, 0.25) is 5.91 Å². The molecule has 23 heavy (non-hydrogen) atoms. The summed E-state index contributed by atoms with van der Waals surface area (Å²) in [5.74, 6) is -1.58. The Hall–Kier alpha value is -2.57. The number of hydrogen-bond acceptors (Lipinski definition) is 4. The van der Waals surface area contributed by atoms with Crippen LogP contribution in [-0.2, 0) is 20.9 Å². The molecule has 0 aliphatic rings. The Balaban J connectivity index is 2.60. The van der Waals surface area contributed by atoms with E-state index < -0.39 is 30.1 Å². The van der Waals surface area contributed by atoms with Gasteiger partial charge in [-0.2, -0.15) is 0 Å². The van der Waals surface area contributed by atoms with Gasteiger partial charge in [0.05, 0.1) is 0 Å². The highest BCUT2D eigenvalue weighted by Gasteiger charge is 2.30. The van der Waals surface area contributed by atoms with Crippen LogP contribution in [0.25, 0.3) is 0 Å². The summed E-state index contributed by atoms with van der Waals surface area (Å²) in [6, 6.07) is 7.37. The second-order valence-corrected chi connectivity index (χ2v) is 5.29. The minimum absolute atomic E-state index is 0.103. The van der Waals surface area contributed by atoms with E-state index in [1.165, 1.54) is 27.9 Å². The molecule has 126 valence electrons. The topological polar surface area (TPSA) is 87.2 Å². The van der Waals surface area contributed by atoms with E-state index in [2.05, 4.69) is 0 Å². The largest absolute Gasteiger partial charge is 0.480 e. The lowest BCUT2D eigenvalue weighted by molar-refractivity contribution is -0.149. The third-order valence-corrected chi connectivity index (χ3v) is 3.72. The predicted octanol–water partition coefficient (Wildman–Crippen LogP) is 1.57. The van der Waals surface area contributed by atoms with Gasteiger partial charge < -0.3 is 14.7 Å². The van der Waals surface area contributed by atoms with Crippen molar-refractivity contribution in [1.29, 1.82) is 0 Å². The van der Waals surface area contributed by atoms with Gasteiger partial charge in [-0.05, 0) is 19.4 Å². The van der Waals surface area contributed by atoms with Gasteiger partial charge in [-0.1, -0.05) is 30.3 Å². The predicted molar refractivity (Wildman–Crippen MR) is 83.7 cm³/mol. The highest BCUT2D eigenvalue weighted by atomic mass is 16.6. The Morgan fingerprint density at radius 2 is 1.61 bits per heavy atom. The zero-order chi connectivity index (χ0) is 17.6. The molecule has 0 heterocycles. The molecule has 0 bridgehead atoms.